The van der Waals surface area contributed by atoms with E-state index in [1.54, 1.807) is 6.08 Å². The largest absolute Gasteiger partial charge is 0.465 e. The predicted molar refractivity (Wildman–Crippen MR) is 78.0 cm³/mol. The van der Waals surface area contributed by atoms with E-state index < -0.39 is 17.4 Å². The second-order valence-corrected chi connectivity index (χ2v) is 4.70. The van der Waals surface area contributed by atoms with E-state index in [0.717, 1.165) is 5.57 Å². The lowest BCUT2D eigenvalue weighted by atomic mass is 9.87. The zero-order valence-corrected chi connectivity index (χ0v) is 12.9. The molecule has 0 aliphatic rings. The molecule has 4 heteroatoms. The fourth-order valence-electron chi connectivity index (χ4n) is 1.53. The van der Waals surface area contributed by atoms with Gasteiger partial charge < -0.3 is 9.47 Å². The molecule has 0 radical (unpaired) electrons. The van der Waals surface area contributed by atoms with Crippen LogP contribution in [0.2, 0.25) is 0 Å². The van der Waals surface area contributed by atoms with Gasteiger partial charge in [-0.3, -0.25) is 0 Å². The molecule has 0 saturated carbocycles. The minimum Gasteiger partial charge on any atom is -0.465 e. The molecule has 0 aromatic carbocycles. The molecule has 0 bridgehead atoms. The van der Waals surface area contributed by atoms with Crippen LogP contribution >= 0.6 is 0 Å². The molecule has 0 aromatic heterocycles. The van der Waals surface area contributed by atoms with E-state index in [2.05, 4.69) is 15.2 Å². The van der Waals surface area contributed by atoms with Crippen LogP contribution in [0, 0.1) is 5.41 Å². The van der Waals surface area contributed by atoms with Crippen molar-refractivity contribution in [2.45, 2.75) is 27.7 Å². The van der Waals surface area contributed by atoms with Crippen LogP contribution in [-0.4, -0.2) is 26.2 Å². The molecule has 20 heavy (non-hydrogen) atoms. The monoisotopic (exact) mass is 278 g/mol. The lowest BCUT2D eigenvalue weighted by Crippen LogP contribution is -2.19. The van der Waals surface area contributed by atoms with Gasteiger partial charge in [-0.1, -0.05) is 12.2 Å². The number of carbonyl (C=O) groups excluding carboxylic acids is 2. The molecule has 0 aliphatic heterocycles. The zero-order valence-electron chi connectivity index (χ0n) is 12.9. The number of methoxy groups -OCH3 is 2. The van der Waals surface area contributed by atoms with Gasteiger partial charge in [-0.2, -0.15) is 0 Å². The second kappa shape index (κ2) is 8.18. The van der Waals surface area contributed by atoms with E-state index >= 15 is 0 Å². The summed E-state index contributed by atoms with van der Waals surface area (Å²) in [5, 5.41) is 0. The van der Waals surface area contributed by atoms with Crippen molar-refractivity contribution in [1.29, 1.82) is 0 Å². The molecular formula is C16H22O4. The topological polar surface area (TPSA) is 52.6 Å². The molecule has 0 saturated heterocycles. The van der Waals surface area contributed by atoms with Crippen molar-refractivity contribution in [3.63, 3.8) is 0 Å². The van der Waals surface area contributed by atoms with E-state index in [9.17, 15) is 9.59 Å². The van der Waals surface area contributed by atoms with E-state index in [0.29, 0.717) is 0 Å². The maximum absolute atomic E-state index is 11.7. The molecule has 0 aliphatic carbocycles. The molecule has 0 spiro atoms. The molecule has 110 valence electrons. The number of carbonyl (C=O) groups is 2. The summed E-state index contributed by atoms with van der Waals surface area (Å²) in [7, 11) is 2.44. The molecule has 0 fully saturated rings. The Hall–Kier alpha value is -2.06. The lowest BCUT2D eigenvalue weighted by molar-refractivity contribution is -0.144. The van der Waals surface area contributed by atoms with Crippen LogP contribution in [-0.2, 0) is 19.1 Å². The minimum atomic E-state index is -0.724. The molecule has 0 rings (SSSR count). The van der Waals surface area contributed by atoms with Crippen LogP contribution in [0.25, 0.3) is 0 Å². The van der Waals surface area contributed by atoms with Crippen molar-refractivity contribution >= 4 is 11.9 Å². The van der Waals surface area contributed by atoms with Crippen molar-refractivity contribution < 1.29 is 19.1 Å². The normalized spacial score (nSPS) is 12.9. The van der Waals surface area contributed by atoms with Gasteiger partial charge in [-0.05, 0) is 45.4 Å². The predicted octanol–water partition coefficient (Wildman–Crippen LogP) is 2.96. The zero-order chi connectivity index (χ0) is 15.8. The highest BCUT2D eigenvalue weighted by molar-refractivity contribution is 6.14. The summed E-state index contributed by atoms with van der Waals surface area (Å²) in [5.41, 5.74) is 3.30. The third kappa shape index (κ3) is 5.72. The van der Waals surface area contributed by atoms with Gasteiger partial charge in [0.25, 0.3) is 0 Å². The number of hydrogen-bond donors (Lipinski definition) is 0. The molecule has 0 N–H and O–H groups in total. The highest BCUT2D eigenvalue weighted by Crippen LogP contribution is 2.25. The number of ether oxygens (including phenoxy) is 2. The summed E-state index contributed by atoms with van der Waals surface area (Å²) >= 11 is 0. The fourth-order valence-corrected chi connectivity index (χ4v) is 1.53. The Labute approximate surface area is 120 Å². The Balaban J connectivity index is 5.90. The van der Waals surface area contributed by atoms with Crippen LogP contribution in [0.15, 0.2) is 41.2 Å². The standard InChI is InChI=1S/C16H22O4/c1-7-9-16(4,10-8-12(2)3)11-13(14(17)19-5)15(18)20-6/h7,9-11H,1-6H3/b9-7+. The molecule has 0 amide bonds. The minimum absolute atomic E-state index is 0.137. The van der Waals surface area contributed by atoms with Gasteiger partial charge >= 0.3 is 11.9 Å². The third-order valence-corrected chi connectivity index (χ3v) is 2.46. The first-order chi connectivity index (χ1) is 9.29. The highest BCUT2D eigenvalue weighted by atomic mass is 16.5. The van der Waals surface area contributed by atoms with Crippen molar-refractivity contribution in [2.75, 3.05) is 14.2 Å². The summed E-state index contributed by atoms with van der Waals surface area (Å²) in [6.45, 7) is 7.54. The first-order valence-electron chi connectivity index (χ1n) is 6.24. The van der Waals surface area contributed by atoms with Crippen LogP contribution in [0.5, 0.6) is 0 Å². The van der Waals surface area contributed by atoms with Gasteiger partial charge in [-0.25, -0.2) is 9.59 Å². The van der Waals surface area contributed by atoms with Gasteiger partial charge in [0.1, 0.15) is 5.57 Å². The van der Waals surface area contributed by atoms with E-state index in [1.165, 1.54) is 20.3 Å². The van der Waals surface area contributed by atoms with Crippen molar-refractivity contribution in [3.8, 4) is 0 Å². The van der Waals surface area contributed by atoms with E-state index in [4.69, 9.17) is 0 Å². The van der Waals surface area contributed by atoms with Crippen LogP contribution in [0.4, 0.5) is 0 Å². The van der Waals surface area contributed by atoms with Crippen molar-refractivity contribution in [1.82, 2.24) is 0 Å². The molecular weight excluding hydrogens is 256 g/mol. The van der Waals surface area contributed by atoms with Crippen LogP contribution < -0.4 is 0 Å². The summed E-state index contributed by atoms with van der Waals surface area (Å²) < 4.78 is 9.23. The third-order valence-electron chi connectivity index (χ3n) is 2.46. The fraction of sp³-hybridized carbons (Fsp3) is 0.438. The maximum atomic E-state index is 11.7. The highest BCUT2D eigenvalue weighted by Gasteiger charge is 2.25. The SMILES string of the molecule is C/C=C/C(C)(C=C=C(C)C)C=C(C(=O)OC)C(=O)OC. The quantitative estimate of drug-likeness (QED) is 0.194. The molecule has 1 atom stereocenters. The summed E-state index contributed by atoms with van der Waals surface area (Å²) in [6.07, 6.45) is 7.00. The second-order valence-electron chi connectivity index (χ2n) is 4.70. The lowest BCUT2D eigenvalue weighted by Gasteiger charge is -2.17. The van der Waals surface area contributed by atoms with E-state index in [-0.39, 0.29) is 5.57 Å². The maximum Gasteiger partial charge on any atom is 0.345 e. The number of rotatable bonds is 5. The van der Waals surface area contributed by atoms with Gasteiger partial charge in [0.05, 0.1) is 14.2 Å². The number of allylic oxidation sites excluding steroid dienone is 4. The Bertz CT molecular complexity index is 469. The van der Waals surface area contributed by atoms with Crippen LogP contribution in [0.1, 0.15) is 27.7 Å². The van der Waals surface area contributed by atoms with Gasteiger partial charge in [0.2, 0.25) is 0 Å². The Morgan fingerprint density at radius 3 is 1.95 bits per heavy atom. The van der Waals surface area contributed by atoms with Crippen LogP contribution in [0.3, 0.4) is 0 Å². The summed E-state index contributed by atoms with van der Waals surface area (Å²) in [5.74, 6) is -1.45. The Kier molecular flexibility index (Phi) is 7.34. The average Bonchev–Trinajstić information content (AvgIpc) is 2.41. The number of hydrogen-bond acceptors (Lipinski definition) is 4. The van der Waals surface area contributed by atoms with Gasteiger partial charge in [-0.15, -0.1) is 5.73 Å². The molecule has 0 aromatic rings. The van der Waals surface area contributed by atoms with Crippen molar-refractivity contribution in [3.05, 3.63) is 41.2 Å². The Morgan fingerprint density at radius 2 is 1.60 bits per heavy atom. The molecule has 4 nitrogen and oxygen atoms in total. The van der Waals surface area contributed by atoms with E-state index in [1.807, 2.05) is 39.8 Å². The first kappa shape index (κ1) is 17.9. The van der Waals surface area contributed by atoms with Crippen molar-refractivity contribution in [2.24, 2.45) is 5.41 Å². The molecule has 0 heterocycles. The first-order valence-corrected chi connectivity index (χ1v) is 6.24. The smallest absolute Gasteiger partial charge is 0.345 e. The summed E-state index contributed by atoms with van der Waals surface area (Å²) in [6, 6.07) is 0. The van der Waals surface area contributed by atoms with Gasteiger partial charge in [0.15, 0.2) is 0 Å². The summed E-state index contributed by atoms with van der Waals surface area (Å²) in [4.78, 5) is 23.4. The number of esters is 2. The average molecular weight is 278 g/mol. The Morgan fingerprint density at radius 1 is 1.10 bits per heavy atom. The van der Waals surface area contributed by atoms with Gasteiger partial charge in [0, 0.05) is 5.41 Å². The molecule has 1 unspecified atom stereocenters.